The second-order valence-electron chi connectivity index (χ2n) is 3.21. The molecule has 0 saturated heterocycles. The molecule has 0 aliphatic heterocycles. The molecule has 90 valence electrons. The first kappa shape index (κ1) is 11.5. The van der Waals surface area contributed by atoms with Crippen molar-refractivity contribution in [1.29, 1.82) is 0 Å². The van der Waals surface area contributed by atoms with Gasteiger partial charge < -0.3 is 14.4 Å². The van der Waals surface area contributed by atoms with Crippen LogP contribution in [0.25, 0.3) is 11.3 Å². The Morgan fingerprint density at radius 1 is 1.35 bits per heavy atom. The van der Waals surface area contributed by atoms with Crippen molar-refractivity contribution in [2.45, 2.75) is 13.2 Å². The average Bonchev–Trinajstić information content (AvgIpc) is 2.77. The van der Waals surface area contributed by atoms with Crippen molar-refractivity contribution in [1.82, 2.24) is 5.16 Å². The van der Waals surface area contributed by atoms with Crippen molar-refractivity contribution in [3.63, 3.8) is 0 Å². The van der Waals surface area contributed by atoms with Crippen molar-refractivity contribution in [3.05, 3.63) is 36.1 Å². The highest BCUT2D eigenvalue weighted by atomic mass is 19.3. The van der Waals surface area contributed by atoms with E-state index in [0.717, 1.165) is 0 Å². The Morgan fingerprint density at radius 2 is 2.12 bits per heavy atom. The van der Waals surface area contributed by atoms with Crippen LogP contribution in [0.2, 0.25) is 0 Å². The lowest BCUT2D eigenvalue weighted by atomic mass is 10.1. The van der Waals surface area contributed by atoms with E-state index in [9.17, 15) is 8.78 Å². The Labute approximate surface area is 95.4 Å². The fraction of sp³-hybridized carbons (Fsp3) is 0.182. The maximum Gasteiger partial charge on any atom is 0.387 e. The summed E-state index contributed by atoms with van der Waals surface area (Å²) in [5, 5.41) is 12.5. The van der Waals surface area contributed by atoms with Crippen LogP contribution in [-0.4, -0.2) is 16.9 Å². The van der Waals surface area contributed by atoms with Gasteiger partial charge in [0.1, 0.15) is 18.1 Å². The van der Waals surface area contributed by atoms with Crippen LogP contribution in [0.1, 0.15) is 5.76 Å². The minimum atomic E-state index is -2.90. The molecule has 0 fully saturated rings. The number of aliphatic hydroxyl groups is 1. The van der Waals surface area contributed by atoms with Gasteiger partial charge in [0.25, 0.3) is 0 Å². The summed E-state index contributed by atoms with van der Waals surface area (Å²) in [5.41, 5.74) is 0.724. The maximum atomic E-state index is 12.2. The molecule has 0 atom stereocenters. The Hall–Kier alpha value is -1.95. The molecule has 0 radical (unpaired) electrons. The predicted molar refractivity (Wildman–Crippen MR) is 54.5 cm³/mol. The summed E-state index contributed by atoms with van der Waals surface area (Å²) in [6.45, 7) is -3.20. The zero-order valence-electron chi connectivity index (χ0n) is 8.64. The van der Waals surface area contributed by atoms with Crippen molar-refractivity contribution in [2.24, 2.45) is 0 Å². The molecule has 1 aromatic carbocycles. The number of aliphatic hydroxyl groups excluding tert-OH is 1. The molecule has 2 rings (SSSR count). The Balaban J connectivity index is 2.36. The van der Waals surface area contributed by atoms with Crippen LogP contribution in [0.15, 0.2) is 34.9 Å². The minimum Gasteiger partial charge on any atom is -0.434 e. The largest absolute Gasteiger partial charge is 0.434 e. The zero-order valence-corrected chi connectivity index (χ0v) is 8.64. The van der Waals surface area contributed by atoms with E-state index >= 15 is 0 Å². The maximum absolute atomic E-state index is 12.2. The lowest BCUT2D eigenvalue weighted by molar-refractivity contribution is -0.0494. The van der Waals surface area contributed by atoms with Crippen LogP contribution in [0.5, 0.6) is 5.75 Å². The normalized spacial score (nSPS) is 10.8. The third kappa shape index (κ3) is 2.59. The highest BCUT2D eigenvalue weighted by molar-refractivity contribution is 5.66. The topological polar surface area (TPSA) is 55.5 Å². The van der Waals surface area contributed by atoms with E-state index in [1.807, 2.05) is 0 Å². The lowest BCUT2D eigenvalue weighted by Crippen LogP contribution is -2.02. The van der Waals surface area contributed by atoms with Crippen molar-refractivity contribution in [3.8, 4) is 17.0 Å². The number of rotatable bonds is 4. The number of aromatic nitrogens is 1. The van der Waals surface area contributed by atoms with Gasteiger partial charge in [-0.05, 0) is 12.1 Å². The van der Waals surface area contributed by atoms with E-state index in [4.69, 9.17) is 9.63 Å². The summed E-state index contributed by atoms with van der Waals surface area (Å²) < 4.78 is 33.5. The van der Waals surface area contributed by atoms with Crippen molar-refractivity contribution in [2.75, 3.05) is 0 Å². The number of halogens is 2. The first-order chi connectivity index (χ1) is 8.20. The zero-order chi connectivity index (χ0) is 12.3. The van der Waals surface area contributed by atoms with E-state index in [1.165, 1.54) is 12.1 Å². The predicted octanol–water partition coefficient (Wildman–Crippen LogP) is 2.44. The number of nitrogens with zero attached hydrogens (tertiary/aromatic N) is 1. The second-order valence-corrected chi connectivity index (χ2v) is 3.21. The Bertz CT molecular complexity index is 499. The van der Waals surface area contributed by atoms with Gasteiger partial charge in [0.2, 0.25) is 0 Å². The van der Waals surface area contributed by atoms with Gasteiger partial charge >= 0.3 is 6.61 Å². The van der Waals surface area contributed by atoms with Gasteiger partial charge in [0.15, 0.2) is 5.76 Å². The molecular weight excluding hydrogens is 232 g/mol. The molecule has 0 aliphatic rings. The van der Waals surface area contributed by atoms with Crippen LogP contribution in [0.3, 0.4) is 0 Å². The molecule has 4 nitrogen and oxygen atoms in total. The Kier molecular flexibility index (Phi) is 3.34. The molecule has 0 spiro atoms. The molecule has 0 amide bonds. The standard InChI is InChI=1S/C11H9F2NO3/c12-11(13)16-10-4-2-1-3-8(10)9-5-7(6-15)17-14-9/h1-5,11,15H,6H2. The van der Waals surface area contributed by atoms with Gasteiger partial charge in [0.05, 0.1) is 0 Å². The van der Waals surface area contributed by atoms with Gasteiger partial charge in [-0.15, -0.1) is 0 Å². The second kappa shape index (κ2) is 4.92. The van der Waals surface area contributed by atoms with Crippen LogP contribution in [-0.2, 0) is 6.61 Å². The average molecular weight is 241 g/mol. The van der Waals surface area contributed by atoms with Gasteiger partial charge in [-0.2, -0.15) is 8.78 Å². The van der Waals surface area contributed by atoms with E-state index < -0.39 is 6.61 Å². The third-order valence-electron chi connectivity index (χ3n) is 2.09. The fourth-order valence-corrected chi connectivity index (χ4v) is 1.39. The van der Waals surface area contributed by atoms with Gasteiger partial charge in [0, 0.05) is 11.6 Å². The summed E-state index contributed by atoms with van der Waals surface area (Å²) in [5.74, 6) is 0.270. The molecule has 1 heterocycles. The highest BCUT2D eigenvalue weighted by Crippen LogP contribution is 2.30. The fourth-order valence-electron chi connectivity index (χ4n) is 1.39. The molecule has 0 bridgehead atoms. The lowest BCUT2D eigenvalue weighted by Gasteiger charge is -2.07. The van der Waals surface area contributed by atoms with Gasteiger partial charge in [-0.3, -0.25) is 0 Å². The molecule has 0 saturated carbocycles. The number of hydrogen-bond acceptors (Lipinski definition) is 4. The molecule has 6 heteroatoms. The van der Waals surface area contributed by atoms with E-state index in [-0.39, 0.29) is 18.1 Å². The summed E-state index contributed by atoms with van der Waals surface area (Å²) in [6, 6.07) is 7.70. The van der Waals surface area contributed by atoms with E-state index in [0.29, 0.717) is 11.3 Å². The van der Waals surface area contributed by atoms with Crippen LogP contribution < -0.4 is 4.74 Å². The van der Waals surface area contributed by atoms with Crippen molar-refractivity contribution >= 4 is 0 Å². The quantitative estimate of drug-likeness (QED) is 0.893. The SMILES string of the molecule is OCc1cc(-c2ccccc2OC(F)F)no1. The highest BCUT2D eigenvalue weighted by Gasteiger charge is 2.13. The molecule has 0 unspecified atom stereocenters. The summed E-state index contributed by atoms with van der Waals surface area (Å²) >= 11 is 0. The monoisotopic (exact) mass is 241 g/mol. The number of para-hydroxylation sites is 1. The number of hydrogen-bond donors (Lipinski definition) is 1. The number of alkyl halides is 2. The first-order valence-electron chi connectivity index (χ1n) is 4.81. The molecule has 17 heavy (non-hydrogen) atoms. The smallest absolute Gasteiger partial charge is 0.387 e. The van der Waals surface area contributed by atoms with Crippen LogP contribution in [0.4, 0.5) is 8.78 Å². The number of benzene rings is 1. The summed E-state index contributed by atoms with van der Waals surface area (Å²) in [4.78, 5) is 0. The van der Waals surface area contributed by atoms with Crippen molar-refractivity contribution < 1.29 is 23.1 Å². The van der Waals surface area contributed by atoms with Crippen LogP contribution >= 0.6 is 0 Å². The van der Waals surface area contributed by atoms with Gasteiger partial charge in [-0.25, -0.2) is 0 Å². The summed E-state index contributed by atoms with van der Waals surface area (Å²) in [6.07, 6.45) is 0. The molecule has 1 N–H and O–H groups in total. The molecule has 1 aromatic heterocycles. The van der Waals surface area contributed by atoms with E-state index in [2.05, 4.69) is 9.89 Å². The molecule has 2 aromatic rings. The molecule has 0 aliphatic carbocycles. The van der Waals surface area contributed by atoms with Crippen LogP contribution in [0, 0.1) is 0 Å². The summed E-state index contributed by atoms with van der Waals surface area (Å²) in [7, 11) is 0. The number of ether oxygens (including phenoxy) is 1. The third-order valence-corrected chi connectivity index (χ3v) is 2.09. The van der Waals surface area contributed by atoms with E-state index in [1.54, 1.807) is 18.2 Å². The first-order valence-corrected chi connectivity index (χ1v) is 4.81. The Morgan fingerprint density at radius 3 is 2.76 bits per heavy atom. The minimum absolute atomic E-state index is 0.0142. The molecular formula is C11H9F2NO3. The van der Waals surface area contributed by atoms with Gasteiger partial charge in [-0.1, -0.05) is 17.3 Å².